The SMILES string of the molecule is O=C([O-])c1ccc([N+](=O)[O-])c(C(=O)O)c1.[Na+]. The van der Waals surface area contributed by atoms with Crippen LogP contribution in [-0.4, -0.2) is 22.0 Å². The van der Waals surface area contributed by atoms with E-state index in [-0.39, 0.29) is 29.6 Å². The van der Waals surface area contributed by atoms with Gasteiger partial charge in [0.15, 0.2) is 0 Å². The third-order valence-electron chi connectivity index (χ3n) is 1.66. The number of carboxylic acids is 2. The van der Waals surface area contributed by atoms with E-state index in [1.165, 1.54) is 0 Å². The van der Waals surface area contributed by atoms with Crippen LogP contribution in [0.25, 0.3) is 0 Å². The molecule has 0 saturated heterocycles. The van der Waals surface area contributed by atoms with Gasteiger partial charge >= 0.3 is 35.5 Å². The minimum atomic E-state index is -1.59. The van der Waals surface area contributed by atoms with Crippen LogP contribution in [0, 0.1) is 10.1 Å². The molecular weight excluding hydrogens is 229 g/mol. The molecule has 1 aromatic rings. The minimum absolute atomic E-state index is 0. The Labute approximate surface area is 111 Å². The molecule has 0 aliphatic rings. The first kappa shape index (κ1) is 14.6. The van der Waals surface area contributed by atoms with Gasteiger partial charge in [-0.2, -0.15) is 0 Å². The third kappa shape index (κ3) is 3.02. The summed E-state index contributed by atoms with van der Waals surface area (Å²) >= 11 is 0. The standard InChI is InChI=1S/C8H5NO6.Na/c10-7(11)4-1-2-6(9(14)15)5(3-4)8(12)13;/h1-3H,(H,10,11)(H,12,13);/q;+1/p-1. The molecule has 0 amide bonds. The van der Waals surface area contributed by atoms with Crippen molar-refractivity contribution in [3.8, 4) is 0 Å². The molecule has 0 unspecified atom stereocenters. The smallest absolute Gasteiger partial charge is 0.545 e. The summed E-state index contributed by atoms with van der Waals surface area (Å²) in [7, 11) is 0. The van der Waals surface area contributed by atoms with Gasteiger partial charge in [0, 0.05) is 6.07 Å². The number of nitrogens with zero attached hydrogens (tertiary/aromatic N) is 1. The first-order valence-electron chi connectivity index (χ1n) is 3.66. The normalized spacial score (nSPS) is 9.00. The van der Waals surface area contributed by atoms with E-state index in [9.17, 15) is 24.8 Å². The minimum Gasteiger partial charge on any atom is -0.545 e. The van der Waals surface area contributed by atoms with Crippen LogP contribution < -0.4 is 34.7 Å². The Morgan fingerprint density at radius 3 is 2.25 bits per heavy atom. The molecule has 0 aromatic heterocycles. The number of carbonyl (C=O) groups excluding carboxylic acids is 1. The van der Waals surface area contributed by atoms with Crippen molar-refractivity contribution >= 4 is 17.6 Å². The van der Waals surface area contributed by atoms with Gasteiger partial charge in [-0.3, -0.25) is 10.1 Å². The monoisotopic (exact) mass is 233 g/mol. The molecule has 0 heterocycles. The van der Waals surface area contributed by atoms with Crippen molar-refractivity contribution in [1.82, 2.24) is 0 Å². The zero-order chi connectivity index (χ0) is 11.6. The summed E-state index contributed by atoms with van der Waals surface area (Å²) in [5.41, 5.74) is -1.76. The van der Waals surface area contributed by atoms with E-state index in [0.29, 0.717) is 6.07 Å². The van der Waals surface area contributed by atoms with E-state index in [1.54, 1.807) is 0 Å². The molecule has 0 fully saturated rings. The van der Waals surface area contributed by atoms with E-state index < -0.39 is 33.7 Å². The molecule has 16 heavy (non-hydrogen) atoms. The largest absolute Gasteiger partial charge is 1.00 e. The van der Waals surface area contributed by atoms with Crippen LogP contribution in [0.5, 0.6) is 0 Å². The molecule has 0 bridgehead atoms. The Bertz CT molecular complexity index is 458. The van der Waals surface area contributed by atoms with Crippen LogP contribution in [0.15, 0.2) is 18.2 Å². The van der Waals surface area contributed by atoms with Crippen LogP contribution in [0.2, 0.25) is 0 Å². The van der Waals surface area contributed by atoms with Crippen LogP contribution >= 0.6 is 0 Å². The Morgan fingerprint density at radius 2 is 1.88 bits per heavy atom. The molecule has 0 aliphatic carbocycles. The van der Waals surface area contributed by atoms with Crippen LogP contribution in [0.4, 0.5) is 5.69 Å². The van der Waals surface area contributed by atoms with Gasteiger partial charge in [-0.1, -0.05) is 0 Å². The summed E-state index contributed by atoms with van der Waals surface area (Å²) in [6, 6.07) is 2.42. The second kappa shape index (κ2) is 5.59. The molecule has 1 N–H and O–H groups in total. The van der Waals surface area contributed by atoms with Gasteiger partial charge in [0.2, 0.25) is 0 Å². The summed E-state index contributed by atoms with van der Waals surface area (Å²) in [5, 5.41) is 29.4. The van der Waals surface area contributed by atoms with E-state index in [2.05, 4.69) is 0 Å². The van der Waals surface area contributed by atoms with Gasteiger partial charge in [0.25, 0.3) is 5.69 Å². The van der Waals surface area contributed by atoms with E-state index >= 15 is 0 Å². The average Bonchev–Trinajstić information content (AvgIpc) is 2.16. The molecule has 8 heteroatoms. The van der Waals surface area contributed by atoms with Crippen molar-refractivity contribution in [1.29, 1.82) is 0 Å². The van der Waals surface area contributed by atoms with Gasteiger partial charge in [-0.15, -0.1) is 0 Å². The second-order valence-electron chi connectivity index (χ2n) is 2.58. The maximum absolute atomic E-state index is 10.6. The molecule has 7 nitrogen and oxygen atoms in total. The number of nitro benzene ring substituents is 1. The number of nitro groups is 1. The summed E-state index contributed by atoms with van der Waals surface area (Å²) in [4.78, 5) is 30.5. The molecule has 0 radical (unpaired) electrons. The van der Waals surface area contributed by atoms with E-state index in [4.69, 9.17) is 5.11 Å². The molecule has 1 rings (SSSR count). The average molecular weight is 233 g/mol. The molecule has 0 spiro atoms. The third-order valence-corrected chi connectivity index (χ3v) is 1.66. The predicted octanol–water partition coefficient (Wildman–Crippen LogP) is -3.34. The molecular formula is C8H4NNaO6. The predicted molar refractivity (Wildman–Crippen MR) is 44.4 cm³/mol. The van der Waals surface area contributed by atoms with Crippen molar-refractivity contribution in [2.45, 2.75) is 0 Å². The summed E-state index contributed by atoms with van der Waals surface area (Å²) < 4.78 is 0. The number of hydrogen-bond acceptors (Lipinski definition) is 5. The van der Waals surface area contributed by atoms with Crippen molar-refractivity contribution in [3.63, 3.8) is 0 Å². The summed E-state index contributed by atoms with van der Waals surface area (Å²) in [6.07, 6.45) is 0. The number of rotatable bonds is 3. The molecule has 78 valence electrons. The van der Waals surface area contributed by atoms with Crippen molar-refractivity contribution in [3.05, 3.63) is 39.4 Å². The van der Waals surface area contributed by atoms with Crippen molar-refractivity contribution < 1.29 is 54.3 Å². The van der Waals surface area contributed by atoms with E-state index in [0.717, 1.165) is 12.1 Å². The van der Waals surface area contributed by atoms with Gasteiger partial charge in [0.1, 0.15) is 5.56 Å². The van der Waals surface area contributed by atoms with Gasteiger partial charge in [-0.05, 0) is 17.7 Å². The van der Waals surface area contributed by atoms with Crippen LogP contribution in [-0.2, 0) is 0 Å². The summed E-state index contributed by atoms with van der Waals surface area (Å²) in [6.45, 7) is 0. The van der Waals surface area contributed by atoms with Gasteiger partial charge < -0.3 is 15.0 Å². The maximum atomic E-state index is 10.6. The zero-order valence-electron chi connectivity index (χ0n) is 8.17. The first-order chi connectivity index (χ1) is 6.93. The fourth-order valence-corrected chi connectivity index (χ4v) is 0.994. The maximum Gasteiger partial charge on any atom is 1.00 e. The van der Waals surface area contributed by atoms with Crippen LogP contribution in [0.1, 0.15) is 20.7 Å². The Kier molecular flexibility index (Phi) is 5.09. The van der Waals surface area contributed by atoms with Gasteiger partial charge in [0.05, 0.1) is 10.9 Å². The van der Waals surface area contributed by atoms with Crippen molar-refractivity contribution in [2.24, 2.45) is 0 Å². The fraction of sp³-hybridized carbons (Fsp3) is 0. The van der Waals surface area contributed by atoms with E-state index in [1.807, 2.05) is 0 Å². The Morgan fingerprint density at radius 1 is 1.31 bits per heavy atom. The topological polar surface area (TPSA) is 121 Å². The van der Waals surface area contributed by atoms with Gasteiger partial charge in [-0.25, -0.2) is 4.79 Å². The fourth-order valence-electron chi connectivity index (χ4n) is 0.994. The number of aromatic carboxylic acids is 2. The van der Waals surface area contributed by atoms with Crippen molar-refractivity contribution in [2.75, 3.05) is 0 Å². The molecule has 0 saturated carbocycles. The Hall–Kier alpha value is -1.44. The molecule has 1 aromatic carbocycles. The number of benzene rings is 1. The molecule has 0 atom stereocenters. The quantitative estimate of drug-likeness (QED) is 0.331. The number of carbonyl (C=O) groups is 2. The molecule has 0 aliphatic heterocycles. The number of hydrogen-bond donors (Lipinski definition) is 1. The zero-order valence-corrected chi connectivity index (χ0v) is 10.2. The first-order valence-corrected chi connectivity index (χ1v) is 3.66. The second-order valence-corrected chi connectivity index (χ2v) is 2.58. The van der Waals surface area contributed by atoms with Crippen LogP contribution in [0.3, 0.4) is 0 Å². The summed E-state index contributed by atoms with van der Waals surface area (Å²) in [5.74, 6) is -3.16. The Balaban J connectivity index is 0.00000225. The number of carboxylic acid groups (broad SMARTS) is 2.